The first-order chi connectivity index (χ1) is 6.91. The molecule has 0 aliphatic heterocycles. The number of nitrogens with two attached hydrogens (primary N) is 1. The Bertz CT molecular complexity index is 628. The number of hydrogen-bond acceptors (Lipinski definition) is 3. The lowest BCUT2D eigenvalue weighted by Crippen LogP contribution is -2.13. The fourth-order valence-corrected chi connectivity index (χ4v) is 2.31. The molecule has 15 heavy (non-hydrogen) atoms. The summed E-state index contributed by atoms with van der Waals surface area (Å²) in [6.45, 7) is 3.70. The van der Waals surface area contributed by atoms with Crippen molar-refractivity contribution in [3.8, 4) is 0 Å². The summed E-state index contributed by atoms with van der Waals surface area (Å²) in [5.41, 5.74) is 2.41. The number of benzene rings is 1. The number of hydrogen-bond donors (Lipinski definition) is 2. The van der Waals surface area contributed by atoms with E-state index in [4.69, 9.17) is 5.14 Å². The van der Waals surface area contributed by atoms with Gasteiger partial charge in [0.15, 0.2) is 5.03 Å². The minimum atomic E-state index is -3.74. The summed E-state index contributed by atoms with van der Waals surface area (Å²) in [7, 11) is -3.74. The first-order valence-corrected chi connectivity index (χ1v) is 5.93. The van der Waals surface area contributed by atoms with Crippen LogP contribution in [0.2, 0.25) is 0 Å². The van der Waals surface area contributed by atoms with Gasteiger partial charge in [-0.1, -0.05) is 12.1 Å². The second-order valence-electron chi connectivity index (χ2n) is 3.52. The van der Waals surface area contributed by atoms with Crippen LogP contribution in [0, 0.1) is 13.8 Å². The van der Waals surface area contributed by atoms with E-state index in [1.54, 1.807) is 0 Å². The van der Waals surface area contributed by atoms with Crippen molar-refractivity contribution in [3.63, 3.8) is 0 Å². The van der Waals surface area contributed by atoms with Crippen LogP contribution in [0.3, 0.4) is 0 Å². The molecule has 0 atom stereocenters. The summed E-state index contributed by atoms with van der Waals surface area (Å²) in [5, 5.41) is 12.1. The van der Waals surface area contributed by atoms with Crippen molar-refractivity contribution in [2.24, 2.45) is 5.14 Å². The highest BCUT2D eigenvalue weighted by Gasteiger charge is 2.18. The molecule has 0 aliphatic rings. The van der Waals surface area contributed by atoms with E-state index in [2.05, 4.69) is 10.2 Å². The van der Waals surface area contributed by atoms with Gasteiger partial charge in [-0.05, 0) is 25.0 Å². The van der Waals surface area contributed by atoms with Crippen LogP contribution < -0.4 is 5.14 Å². The van der Waals surface area contributed by atoms with Crippen LogP contribution >= 0.6 is 0 Å². The van der Waals surface area contributed by atoms with Crippen LogP contribution in [-0.2, 0) is 10.0 Å². The Hall–Kier alpha value is -1.40. The molecule has 80 valence electrons. The molecule has 0 spiro atoms. The number of sulfonamides is 1. The zero-order chi connectivity index (χ0) is 11.2. The third kappa shape index (κ3) is 1.51. The van der Waals surface area contributed by atoms with Crippen molar-refractivity contribution in [1.29, 1.82) is 0 Å². The quantitative estimate of drug-likeness (QED) is 0.753. The molecule has 1 aromatic carbocycles. The van der Waals surface area contributed by atoms with Crippen molar-refractivity contribution in [1.82, 2.24) is 10.2 Å². The molecule has 0 radical (unpaired) electrons. The number of fused-ring (bicyclic) bond motifs is 1. The minimum absolute atomic E-state index is 0.0151. The first-order valence-electron chi connectivity index (χ1n) is 4.38. The Labute approximate surface area is 87.3 Å². The summed E-state index contributed by atoms with van der Waals surface area (Å²) in [6.07, 6.45) is 0. The second kappa shape index (κ2) is 3.04. The molecule has 0 amide bonds. The molecule has 6 heteroatoms. The van der Waals surface area contributed by atoms with Gasteiger partial charge in [0.25, 0.3) is 10.0 Å². The molecule has 3 N–H and O–H groups in total. The number of rotatable bonds is 1. The number of aryl methyl sites for hydroxylation is 2. The summed E-state index contributed by atoms with van der Waals surface area (Å²) in [5.74, 6) is 0. The van der Waals surface area contributed by atoms with Crippen LogP contribution in [0.1, 0.15) is 11.1 Å². The maximum Gasteiger partial charge on any atom is 0.255 e. The summed E-state index contributed by atoms with van der Waals surface area (Å²) in [6, 6.07) is 3.74. The lowest BCUT2D eigenvalue weighted by atomic mass is 10.1. The summed E-state index contributed by atoms with van der Waals surface area (Å²) >= 11 is 0. The zero-order valence-corrected chi connectivity index (χ0v) is 9.22. The van der Waals surface area contributed by atoms with Crippen LogP contribution in [0.4, 0.5) is 0 Å². The standard InChI is InChI=1S/C9H11N3O2S/c1-5-3-4-6(2)8-7(5)9(12-11-8)15(10,13)14/h3-4H,1-2H3,(H,11,12)(H2,10,13,14). The van der Waals surface area contributed by atoms with Gasteiger partial charge in [-0.15, -0.1) is 0 Å². The summed E-state index contributed by atoms with van der Waals surface area (Å²) < 4.78 is 22.6. The number of nitrogens with zero attached hydrogens (tertiary/aromatic N) is 1. The largest absolute Gasteiger partial charge is 0.265 e. The molecular weight excluding hydrogens is 214 g/mol. The monoisotopic (exact) mass is 225 g/mol. The van der Waals surface area contributed by atoms with E-state index < -0.39 is 10.0 Å². The average Bonchev–Trinajstić information content (AvgIpc) is 2.55. The maximum absolute atomic E-state index is 11.3. The summed E-state index contributed by atoms with van der Waals surface area (Å²) in [4.78, 5) is 0. The van der Waals surface area contributed by atoms with E-state index in [-0.39, 0.29) is 5.03 Å². The molecule has 0 aliphatic carbocycles. The van der Waals surface area contributed by atoms with Crippen molar-refractivity contribution in [2.45, 2.75) is 18.9 Å². The number of aromatic nitrogens is 2. The Balaban J connectivity index is 2.98. The van der Waals surface area contributed by atoms with Crippen molar-refractivity contribution in [2.75, 3.05) is 0 Å². The number of H-pyrrole nitrogens is 1. The predicted octanol–water partition coefficient (Wildman–Crippen LogP) is 0.827. The molecule has 5 nitrogen and oxygen atoms in total. The lowest BCUT2D eigenvalue weighted by molar-refractivity contribution is 0.594. The van der Waals surface area contributed by atoms with Crippen molar-refractivity contribution in [3.05, 3.63) is 23.3 Å². The van der Waals surface area contributed by atoms with E-state index in [1.165, 1.54) is 0 Å². The van der Waals surface area contributed by atoms with Gasteiger partial charge in [0, 0.05) is 5.39 Å². The number of nitrogens with one attached hydrogen (secondary N) is 1. The lowest BCUT2D eigenvalue weighted by Gasteiger charge is -2.00. The van der Waals surface area contributed by atoms with Crippen molar-refractivity contribution >= 4 is 20.9 Å². The molecule has 2 aromatic rings. The smallest absolute Gasteiger partial charge is 0.255 e. The van der Waals surface area contributed by atoms with Gasteiger partial charge in [-0.2, -0.15) is 5.10 Å². The molecule has 0 fully saturated rings. The van der Waals surface area contributed by atoms with Crippen molar-refractivity contribution < 1.29 is 8.42 Å². The SMILES string of the molecule is Cc1ccc(C)c2c(S(N)(=O)=O)[nH]nc12. The Morgan fingerprint density at radius 2 is 1.87 bits per heavy atom. The topological polar surface area (TPSA) is 88.8 Å². The van der Waals surface area contributed by atoms with Crippen LogP contribution in [-0.4, -0.2) is 18.6 Å². The highest BCUT2D eigenvalue weighted by Crippen LogP contribution is 2.25. The molecule has 1 heterocycles. The van der Waals surface area contributed by atoms with Gasteiger partial charge < -0.3 is 0 Å². The highest BCUT2D eigenvalue weighted by molar-refractivity contribution is 7.89. The molecule has 2 rings (SSSR count). The molecule has 0 bridgehead atoms. The van der Waals surface area contributed by atoms with E-state index >= 15 is 0 Å². The predicted molar refractivity (Wildman–Crippen MR) is 56.9 cm³/mol. The van der Waals surface area contributed by atoms with Gasteiger partial charge in [-0.25, -0.2) is 13.6 Å². The highest BCUT2D eigenvalue weighted by atomic mass is 32.2. The van der Waals surface area contributed by atoms with E-state index in [0.717, 1.165) is 11.1 Å². The molecule has 0 unspecified atom stereocenters. The Kier molecular flexibility index (Phi) is 2.06. The second-order valence-corrected chi connectivity index (χ2v) is 5.02. The first kappa shape index (κ1) is 10.1. The van der Waals surface area contributed by atoms with Gasteiger partial charge >= 0.3 is 0 Å². The van der Waals surface area contributed by atoms with Crippen LogP contribution in [0.5, 0.6) is 0 Å². The van der Waals surface area contributed by atoms with E-state index in [1.807, 2.05) is 26.0 Å². The average molecular weight is 225 g/mol. The number of aromatic amines is 1. The Morgan fingerprint density at radius 1 is 1.27 bits per heavy atom. The fraction of sp³-hybridized carbons (Fsp3) is 0.222. The Morgan fingerprint density at radius 3 is 2.47 bits per heavy atom. The maximum atomic E-state index is 11.3. The zero-order valence-electron chi connectivity index (χ0n) is 8.40. The number of primary sulfonamides is 1. The van der Waals surface area contributed by atoms with Gasteiger partial charge in [0.1, 0.15) is 0 Å². The van der Waals surface area contributed by atoms with Gasteiger partial charge in [-0.3, -0.25) is 5.10 Å². The van der Waals surface area contributed by atoms with E-state index in [0.29, 0.717) is 10.9 Å². The molecular formula is C9H11N3O2S. The molecule has 0 saturated heterocycles. The van der Waals surface area contributed by atoms with Crippen LogP contribution in [0.25, 0.3) is 10.9 Å². The molecule has 1 aromatic heterocycles. The van der Waals surface area contributed by atoms with E-state index in [9.17, 15) is 8.42 Å². The minimum Gasteiger partial charge on any atom is -0.265 e. The normalized spacial score (nSPS) is 12.2. The fourth-order valence-electron chi connectivity index (χ4n) is 1.60. The molecule has 0 saturated carbocycles. The third-order valence-electron chi connectivity index (χ3n) is 2.37. The van der Waals surface area contributed by atoms with Crippen LogP contribution in [0.15, 0.2) is 17.2 Å². The third-order valence-corrected chi connectivity index (χ3v) is 3.23. The van der Waals surface area contributed by atoms with Gasteiger partial charge in [0.2, 0.25) is 0 Å². The van der Waals surface area contributed by atoms with Gasteiger partial charge in [0.05, 0.1) is 5.52 Å².